The zero-order valence-electron chi connectivity index (χ0n) is 8.95. The molecule has 2 heterocycles. The molecule has 2 nitrogen and oxygen atoms in total. The summed E-state index contributed by atoms with van der Waals surface area (Å²) >= 11 is 13.0. The summed E-state index contributed by atoms with van der Waals surface area (Å²) in [4.78, 5) is 6.74. The van der Waals surface area contributed by atoms with Crippen molar-refractivity contribution in [1.29, 1.82) is 0 Å². The summed E-state index contributed by atoms with van der Waals surface area (Å²) in [5.41, 5.74) is 0. The van der Waals surface area contributed by atoms with E-state index in [1.807, 2.05) is 12.1 Å². The van der Waals surface area contributed by atoms with E-state index in [4.69, 9.17) is 23.2 Å². The molecule has 2 rings (SSSR count). The monoisotopic (exact) mass is 290 g/mol. The lowest BCUT2D eigenvalue weighted by atomic mass is 10.4. The molecule has 2 aromatic rings. The minimum Gasteiger partial charge on any atom is -0.352 e. The van der Waals surface area contributed by atoms with E-state index < -0.39 is 5.82 Å². The number of halogens is 3. The van der Waals surface area contributed by atoms with Crippen LogP contribution < -0.4 is 4.90 Å². The van der Waals surface area contributed by atoms with Crippen LogP contribution in [-0.4, -0.2) is 12.0 Å². The maximum absolute atomic E-state index is 13.6. The SMILES string of the molecule is CN(Cc1ccc(Cl)s1)c1ncc(Cl)cc1F. The molecule has 0 atom stereocenters. The predicted octanol–water partition coefficient (Wildman–Crippen LogP) is 4.23. The minimum atomic E-state index is -0.428. The second-order valence-electron chi connectivity index (χ2n) is 3.52. The third-order valence-corrected chi connectivity index (χ3v) is 3.59. The van der Waals surface area contributed by atoms with E-state index in [9.17, 15) is 4.39 Å². The first kappa shape index (κ1) is 12.6. The number of hydrogen-bond donors (Lipinski definition) is 0. The van der Waals surface area contributed by atoms with E-state index >= 15 is 0 Å². The zero-order chi connectivity index (χ0) is 12.4. The van der Waals surface area contributed by atoms with Crippen molar-refractivity contribution in [2.75, 3.05) is 11.9 Å². The molecule has 0 bridgehead atoms. The largest absolute Gasteiger partial charge is 0.352 e. The zero-order valence-corrected chi connectivity index (χ0v) is 11.3. The maximum atomic E-state index is 13.6. The van der Waals surface area contributed by atoms with Crippen LogP contribution in [0.5, 0.6) is 0 Å². The molecule has 90 valence electrons. The molecule has 0 N–H and O–H groups in total. The fraction of sp³-hybridized carbons (Fsp3) is 0.182. The molecule has 17 heavy (non-hydrogen) atoms. The number of hydrogen-bond acceptors (Lipinski definition) is 3. The number of thiophene rings is 1. The van der Waals surface area contributed by atoms with Gasteiger partial charge < -0.3 is 4.90 Å². The van der Waals surface area contributed by atoms with Gasteiger partial charge in [0.15, 0.2) is 11.6 Å². The fourth-order valence-electron chi connectivity index (χ4n) is 1.43. The molecule has 0 spiro atoms. The molecule has 0 saturated heterocycles. The maximum Gasteiger partial charge on any atom is 0.167 e. The minimum absolute atomic E-state index is 0.277. The Morgan fingerprint density at radius 3 is 2.76 bits per heavy atom. The molecular formula is C11H9Cl2FN2S. The van der Waals surface area contributed by atoms with E-state index in [1.165, 1.54) is 23.6 Å². The van der Waals surface area contributed by atoms with Gasteiger partial charge in [-0.25, -0.2) is 9.37 Å². The standard InChI is InChI=1S/C11H9Cl2FN2S/c1-16(6-8-2-3-10(13)17-8)11-9(14)4-7(12)5-15-11/h2-5H,6H2,1H3. The number of anilines is 1. The Morgan fingerprint density at radius 1 is 1.41 bits per heavy atom. The second kappa shape index (κ2) is 5.21. The Morgan fingerprint density at radius 2 is 2.18 bits per heavy atom. The van der Waals surface area contributed by atoms with Crippen molar-refractivity contribution >= 4 is 40.4 Å². The van der Waals surface area contributed by atoms with Gasteiger partial charge >= 0.3 is 0 Å². The number of aromatic nitrogens is 1. The van der Waals surface area contributed by atoms with Crippen LogP contribution in [-0.2, 0) is 6.54 Å². The summed E-state index contributed by atoms with van der Waals surface area (Å²) in [5, 5.41) is 0.291. The quantitative estimate of drug-likeness (QED) is 0.841. The van der Waals surface area contributed by atoms with Crippen molar-refractivity contribution in [3.8, 4) is 0 Å². The summed E-state index contributed by atoms with van der Waals surface area (Å²) in [6.07, 6.45) is 1.43. The van der Waals surface area contributed by atoms with Gasteiger partial charge in [-0.3, -0.25) is 0 Å². The molecule has 0 fully saturated rings. The van der Waals surface area contributed by atoms with Gasteiger partial charge in [0.1, 0.15) is 0 Å². The van der Waals surface area contributed by atoms with Crippen molar-refractivity contribution in [2.45, 2.75) is 6.54 Å². The Kier molecular flexibility index (Phi) is 3.86. The van der Waals surface area contributed by atoms with Gasteiger partial charge in [-0.1, -0.05) is 23.2 Å². The first-order valence-corrected chi connectivity index (χ1v) is 6.40. The van der Waals surface area contributed by atoms with Crippen molar-refractivity contribution < 1.29 is 4.39 Å². The summed E-state index contributed by atoms with van der Waals surface area (Å²) in [6.45, 7) is 0.558. The molecule has 0 radical (unpaired) electrons. The van der Waals surface area contributed by atoms with Crippen LogP contribution in [0.15, 0.2) is 24.4 Å². The van der Waals surface area contributed by atoms with Crippen molar-refractivity contribution in [3.05, 3.63) is 44.4 Å². The van der Waals surface area contributed by atoms with Gasteiger partial charge in [0.25, 0.3) is 0 Å². The second-order valence-corrected chi connectivity index (χ2v) is 5.76. The molecule has 0 aliphatic rings. The van der Waals surface area contributed by atoms with Crippen LogP contribution in [0.3, 0.4) is 0 Å². The van der Waals surface area contributed by atoms with Crippen LogP contribution in [0.25, 0.3) is 0 Å². The van der Waals surface area contributed by atoms with Gasteiger partial charge in [-0.2, -0.15) is 0 Å². The number of nitrogens with zero attached hydrogens (tertiary/aromatic N) is 2. The summed E-state index contributed by atoms with van der Waals surface area (Å²) in [5.74, 6) is -0.151. The third kappa shape index (κ3) is 3.09. The topological polar surface area (TPSA) is 16.1 Å². The molecule has 0 aliphatic carbocycles. The van der Waals surface area contributed by atoms with Gasteiger partial charge in [0.05, 0.1) is 15.9 Å². The fourth-order valence-corrected chi connectivity index (χ4v) is 2.72. The van der Waals surface area contributed by atoms with Crippen LogP contribution in [0.2, 0.25) is 9.36 Å². The van der Waals surface area contributed by atoms with Gasteiger partial charge in [0.2, 0.25) is 0 Å². The van der Waals surface area contributed by atoms with E-state index in [-0.39, 0.29) is 5.82 Å². The highest BCUT2D eigenvalue weighted by molar-refractivity contribution is 7.16. The van der Waals surface area contributed by atoms with Gasteiger partial charge in [-0.05, 0) is 18.2 Å². The lowest BCUT2D eigenvalue weighted by Crippen LogP contribution is -2.18. The van der Waals surface area contributed by atoms with Crippen LogP contribution in [0.4, 0.5) is 10.2 Å². The average molecular weight is 291 g/mol. The molecular weight excluding hydrogens is 282 g/mol. The normalized spacial score (nSPS) is 10.6. The predicted molar refractivity (Wildman–Crippen MR) is 70.6 cm³/mol. The smallest absolute Gasteiger partial charge is 0.167 e. The highest BCUT2D eigenvalue weighted by atomic mass is 35.5. The van der Waals surface area contributed by atoms with Crippen LogP contribution >= 0.6 is 34.5 Å². The van der Waals surface area contributed by atoms with E-state index in [1.54, 1.807) is 11.9 Å². The molecule has 6 heteroatoms. The molecule has 0 unspecified atom stereocenters. The van der Waals surface area contributed by atoms with Crippen LogP contribution in [0.1, 0.15) is 4.88 Å². The Bertz CT molecular complexity index is 530. The Labute approximate surface area is 113 Å². The lowest BCUT2D eigenvalue weighted by molar-refractivity contribution is 0.615. The van der Waals surface area contributed by atoms with E-state index in [2.05, 4.69) is 4.98 Å². The van der Waals surface area contributed by atoms with Crippen molar-refractivity contribution in [3.63, 3.8) is 0 Å². The Balaban J connectivity index is 2.17. The van der Waals surface area contributed by atoms with Crippen LogP contribution in [0, 0.1) is 5.82 Å². The molecule has 0 amide bonds. The van der Waals surface area contributed by atoms with E-state index in [0.717, 1.165) is 9.21 Å². The third-order valence-electron chi connectivity index (χ3n) is 2.17. The first-order chi connectivity index (χ1) is 8.06. The van der Waals surface area contributed by atoms with Crippen molar-refractivity contribution in [2.24, 2.45) is 0 Å². The molecule has 0 saturated carbocycles. The average Bonchev–Trinajstić information content (AvgIpc) is 2.63. The number of pyridine rings is 1. The Hall–Kier alpha value is -0.840. The van der Waals surface area contributed by atoms with Crippen molar-refractivity contribution in [1.82, 2.24) is 4.98 Å². The summed E-state index contributed by atoms with van der Waals surface area (Å²) < 4.78 is 14.3. The highest BCUT2D eigenvalue weighted by Gasteiger charge is 2.11. The molecule has 2 aromatic heterocycles. The molecule has 0 aromatic carbocycles. The molecule has 0 aliphatic heterocycles. The summed E-state index contributed by atoms with van der Waals surface area (Å²) in [7, 11) is 1.77. The summed E-state index contributed by atoms with van der Waals surface area (Å²) in [6, 6.07) is 4.99. The van der Waals surface area contributed by atoms with Gasteiger partial charge in [-0.15, -0.1) is 11.3 Å². The van der Waals surface area contributed by atoms with E-state index in [0.29, 0.717) is 11.6 Å². The lowest BCUT2D eigenvalue weighted by Gasteiger charge is -2.17. The highest BCUT2D eigenvalue weighted by Crippen LogP contribution is 2.25. The first-order valence-electron chi connectivity index (χ1n) is 4.82. The number of rotatable bonds is 3. The van der Waals surface area contributed by atoms with Gasteiger partial charge in [0, 0.05) is 18.1 Å².